The number of benzene rings is 2. The van der Waals surface area contributed by atoms with Crippen molar-refractivity contribution in [3.63, 3.8) is 0 Å². The molecule has 2 heterocycles. The zero-order chi connectivity index (χ0) is 15.8. The average Bonchev–Trinajstić information content (AvgIpc) is 2.89. The van der Waals surface area contributed by atoms with Gasteiger partial charge < -0.3 is 9.80 Å². The quantitative estimate of drug-likeness (QED) is 0.677. The van der Waals surface area contributed by atoms with Crippen LogP contribution in [0.15, 0.2) is 24.3 Å². The molecule has 0 N–H and O–H groups in total. The lowest BCUT2D eigenvalue weighted by atomic mass is 9.96. The van der Waals surface area contributed by atoms with Gasteiger partial charge in [0.15, 0.2) is 0 Å². The number of nitrogens with zero attached hydrogens (tertiary/aromatic N) is 2. The maximum absolute atomic E-state index is 2.55. The van der Waals surface area contributed by atoms with E-state index in [0.717, 1.165) is 0 Å². The summed E-state index contributed by atoms with van der Waals surface area (Å²) in [4.78, 5) is 5.01. The second-order valence-corrected chi connectivity index (χ2v) is 7.10. The zero-order valence-electron chi connectivity index (χ0n) is 14.4. The highest BCUT2D eigenvalue weighted by molar-refractivity contribution is 5.89. The summed E-state index contributed by atoms with van der Waals surface area (Å²) in [7, 11) is 2.24. The Morgan fingerprint density at radius 3 is 1.86 bits per heavy atom. The summed E-state index contributed by atoms with van der Waals surface area (Å²) in [5.41, 5.74) is 11.1. The number of rotatable bonds is 0. The Kier molecular flexibility index (Phi) is 2.66. The molecule has 2 unspecified atom stereocenters. The van der Waals surface area contributed by atoms with Crippen molar-refractivity contribution in [2.24, 2.45) is 0 Å². The number of likely N-dealkylation sites (N-methyl/N-ethyl adjacent to an activating group) is 1. The fraction of sp³-hybridized carbons (Fsp3) is 0.400. The molecule has 4 rings (SSSR count). The number of fused-ring (bicyclic) bond motifs is 5. The smallest absolute Gasteiger partial charge is 0.113 e. The van der Waals surface area contributed by atoms with E-state index >= 15 is 0 Å². The molecule has 22 heavy (non-hydrogen) atoms. The van der Waals surface area contributed by atoms with Crippen molar-refractivity contribution in [3.8, 4) is 0 Å². The molecule has 2 aromatic rings. The van der Waals surface area contributed by atoms with Gasteiger partial charge in [0.25, 0.3) is 0 Å². The van der Waals surface area contributed by atoms with Gasteiger partial charge in [-0.2, -0.15) is 0 Å². The Bertz CT molecular complexity index is 725. The fourth-order valence-electron chi connectivity index (χ4n) is 4.11. The Morgan fingerprint density at radius 2 is 1.23 bits per heavy atom. The van der Waals surface area contributed by atoms with Gasteiger partial charge in [0.2, 0.25) is 0 Å². The third-order valence-corrected chi connectivity index (χ3v) is 5.73. The first kappa shape index (κ1) is 13.7. The van der Waals surface area contributed by atoms with Crippen LogP contribution in [0.2, 0.25) is 0 Å². The van der Waals surface area contributed by atoms with Crippen LogP contribution in [-0.2, 0) is 0 Å². The molecule has 2 heteroatoms. The van der Waals surface area contributed by atoms with Gasteiger partial charge in [0.05, 0.1) is 11.4 Å². The van der Waals surface area contributed by atoms with Crippen LogP contribution in [0.5, 0.6) is 0 Å². The lowest BCUT2D eigenvalue weighted by Gasteiger charge is -2.27. The molecule has 0 bridgehead atoms. The highest BCUT2D eigenvalue weighted by Crippen LogP contribution is 2.54. The molecule has 2 aliphatic rings. The number of hydrogen-bond donors (Lipinski definition) is 0. The SMILES string of the molecule is Cc1cc2c(cc1C)N1c3cc(C)c(C)cc3N(C)C1C2C. The number of aryl methyl sites for hydroxylation is 4. The molecule has 2 aliphatic heterocycles. The van der Waals surface area contributed by atoms with Crippen molar-refractivity contribution in [2.75, 3.05) is 16.8 Å². The van der Waals surface area contributed by atoms with Crippen LogP contribution < -0.4 is 9.80 Å². The summed E-state index contributed by atoms with van der Waals surface area (Å²) in [5, 5.41) is 0. The minimum Gasteiger partial charge on any atom is -0.352 e. The van der Waals surface area contributed by atoms with Gasteiger partial charge in [-0.3, -0.25) is 0 Å². The van der Waals surface area contributed by atoms with Crippen LogP contribution in [-0.4, -0.2) is 13.2 Å². The van der Waals surface area contributed by atoms with Crippen LogP contribution >= 0.6 is 0 Å². The maximum atomic E-state index is 2.55. The molecule has 0 amide bonds. The minimum absolute atomic E-state index is 0.410. The molecule has 0 spiro atoms. The first-order chi connectivity index (χ1) is 10.4. The topological polar surface area (TPSA) is 6.48 Å². The molecule has 0 radical (unpaired) electrons. The van der Waals surface area contributed by atoms with E-state index in [4.69, 9.17) is 0 Å². The van der Waals surface area contributed by atoms with Gasteiger partial charge in [0.1, 0.15) is 6.17 Å². The Labute approximate surface area is 133 Å². The van der Waals surface area contributed by atoms with Crippen molar-refractivity contribution in [3.05, 3.63) is 52.1 Å². The third kappa shape index (κ3) is 1.55. The van der Waals surface area contributed by atoms with Gasteiger partial charge in [0, 0.05) is 18.7 Å². The summed E-state index contributed by atoms with van der Waals surface area (Å²) < 4.78 is 0. The standard InChI is InChI=1S/C20H24N2/c1-11-7-16-15(5)20-21(6)18-9-13(3)14(4)10-19(18)22(20)17(16)8-12(11)2/h7-10,15,20H,1-6H3. The molecular formula is C20H24N2. The van der Waals surface area contributed by atoms with Crippen LogP contribution in [0.4, 0.5) is 17.1 Å². The van der Waals surface area contributed by atoms with E-state index in [2.05, 4.69) is 75.7 Å². The molecule has 0 saturated heterocycles. The minimum atomic E-state index is 0.410. The fourth-order valence-corrected chi connectivity index (χ4v) is 4.11. The number of anilines is 3. The molecule has 0 aromatic heterocycles. The first-order valence-corrected chi connectivity index (χ1v) is 8.14. The second-order valence-electron chi connectivity index (χ2n) is 7.10. The lowest BCUT2D eigenvalue weighted by Crippen LogP contribution is -2.37. The third-order valence-electron chi connectivity index (χ3n) is 5.73. The summed E-state index contributed by atoms with van der Waals surface area (Å²) in [6, 6.07) is 9.47. The van der Waals surface area contributed by atoms with Crippen LogP contribution in [0.25, 0.3) is 0 Å². The molecule has 2 atom stereocenters. The Morgan fingerprint density at radius 1 is 0.727 bits per heavy atom. The second kappa shape index (κ2) is 4.28. The van der Waals surface area contributed by atoms with Crippen LogP contribution in [0.1, 0.15) is 40.7 Å². The van der Waals surface area contributed by atoms with E-state index in [1.165, 1.54) is 44.9 Å². The number of hydrogen-bond acceptors (Lipinski definition) is 2. The molecule has 0 saturated carbocycles. The van der Waals surface area contributed by atoms with Crippen molar-refractivity contribution in [1.29, 1.82) is 0 Å². The van der Waals surface area contributed by atoms with Crippen LogP contribution in [0.3, 0.4) is 0 Å². The first-order valence-electron chi connectivity index (χ1n) is 8.14. The van der Waals surface area contributed by atoms with E-state index in [0.29, 0.717) is 12.1 Å². The highest BCUT2D eigenvalue weighted by Gasteiger charge is 2.45. The van der Waals surface area contributed by atoms with Crippen molar-refractivity contribution < 1.29 is 0 Å². The summed E-state index contributed by atoms with van der Waals surface area (Å²) >= 11 is 0. The summed E-state index contributed by atoms with van der Waals surface area (Å²) in [6.07, 6.45) is 0.410. The van der Waals surface area contributed by atoms with Gasteiger partial charge in [-0.1, -0.05) is 13.0 Å². The molecule has 0 fully saturated rings. The van der Waals surface area contributed by atoms with E-state index in [-0.39, 0.29) is 0 Å². The van der Waals surface area contributed by atoms with Gasteiger partial charge in [-0.15, -0.1) is 0 Å². The van der Waals surface area contributed by atoms with E-state index in [1.807, 2.05) is 0 Å². The predicted molar refractivity (Wildman–Crippen MR) is 94.6 cm³/mol. The van der Waals surface area contributed by atoms with Crippen molar-refractivity contribution in [1.82, 2.24) is 0 Å². The predicted octanol–water partition coefficient (Wildman–Crippen LogP) is 4.95. The van der Waals surface area contributed by atoms with Crippen LogP contribution in [0, 0.1) is 27.7 Å². The Balaban J connectivity index is 1.98. The molecular weight excluding hydrogens is 268 g/mol. The van der Waals surface area contributed by atoms with E-state index in [9.17, 15) is 0 Å². The molecule has 2 nitrogen and oxygen atoms in total. The monoisotopic (exact) mass is 292 g/mol. The molecule has 114 valence electrons. The molecule has 2 aromatic carbocycles. The van der Waals surface area contributed by atoms with Gasteiger partial charge in [-0.25, -0.2) is 0 Å². The summed E-state index contributed by atoms with van der Waals surface area (Å²) in [6.45, 7) is 11.2. The largest absolute Gasteiger partial charge is 0.352 e. The molecule has 0 aliphatic carbocycles. The van der Waals surface area contributed by atoms with Crippen molar-refractivity contribution >= 4 is 17.1 Å². The van der Waals surface area contributed by atoms with Gasteiger partial charge in [-0.05, 0) is 73.7 Å². The van der Waals surface area contributed by atoms with E-state index < -0.39 is 0 Å². The average molecular weight is 292 g/mol. The zero-order valence-corrected chi connectivity index (χ0v) is 14.4. The van der Waals surface area contributed by atoms with E-state index in [1.54, 1.807) is 0 Å². The van der Waals surface area contributed by atoms with Gasteiger partial charge >= 0.3 is 0 Å². The Hall–Kier alpha value is -1.96. The normalized spacial score (nSPS) is 21.9. The highest BCUT2D eigenvalue weighted by atomic mass is 15.4. The lowest BCUT2D eigenvalue weighted by molar-refractivity contribution is 0.604. The van der Waals surface area contributed by atoms with Crippen molar-refractivity contribution in [2.45, 2.75) is 46.7 Å². The summed E-state index contributed by atoms with van der Waals surface area (Å²) in [5.74, 6) is 0.521. The maximum Gasteiger partial charge on any atom is 0.113 e.